The molecule has 0 fully saturated rings. The van der Waals surface area contributed by atoms with Crippen molar-refractivity contribution in [3.8, 4) is 5.75 Å². The SMILES string of the molecule is COc1ccc(C(Cl)Cc2cccc(F)c2)cc1Cl. The van der Waals surface area contributed by atoms with E-state index in [4.69, 9.17) is 27.9 Å². The van der Waals surface area contributed by atoms with Gasteiger partial charge in [0.05, 0.1) is 17.5 Å². The number of hydrogen-bond donors (Lipinski definition) is 0. The molecule has 0 radical (unpaired) electrons. The fourth-order valence-corrected chi connectivity index (χ4v) is 2.45. The van der Waals surface area contributed by atoms with Crippen LogP contribution in [0, 0.1) is 5.82 Å². The molecule has 1 nitrogen and oxygen atoms in total. The number of alkyl halides is 1. The van der Waals surface area contributed by atoms with Crippen LogP contribution in [0.1, 0.15) is 16.5 Å². The summed E-state index contributed by atoms with van der Waals surface area (Å²) in [5.74, 6) is 0.356. The zero-order chi connectivity index (χ0) is 13.8. The zero-order valence-electron chi connectivity index (χ0n) is 10.4. The topological polar surface area (TPSA) is 9.23 Å². The molecule has 0 aromatic heterocycles. The van der Waals surface area contributed by atoms with Gasteiger partial charge in [0.25, 0.3) is 0 Å². The van der Waals surface area contributed by atoms with Gasteiger partial charge < -0.3 is 4.74 Å². The molecule has 1 atom stereocenters. The summed E-state index contributed by atoms with van der Waals surface area (Å²) in [7, 11) is 1.56. The number of rotatable bonds is 4. The van der Waals surface area contributed by atoms with Gasteiger partial charge in [-0.05, 0) is 41.8 Å². The van der Waals surface area contributed by atoms with Crippen molar-refractivity contribution in [2.24, 2.45) is 0 Å². The van der Waals surface area contributed by atoms with Gasteiger partial charge in [0.2, 0.25) is 0 Å². The Morgan fingerprint density at radius 1 is 1.21 bits per heavy atom. The lowest BCUT2D eigenvalue weighted by molar-refractivity contribution is 0.415. The second kappa shape index (κ2) is 6.27. The number of methoxy groups -OCH3 is 1. The third-order valence-corrected chi connectivity index (χ3v) is 3.54. The second-order valence-electron chi connectivity index (χ2n) is 4.20. The Morgan fingerprint density at radius 3 is 2.63 bits per heavy atom. The molecule has 0 amide bonds. The molecule has 0 N–H and O–H groups in total. The molecule has 19 heavy (non-hydrogen) atoms. The number of halogens is 3. The standard InChI is InChI=1S/C15H13Cl2FO/c1-19-15-6-5-11(9-14(15)17)13(16)8-10-3-2-4-12(18)7-10/h2-7,9,13H,8H2,1H3. The molecule has 100 valence electrons. The van der Waals surface area contributed by atoms with Crippen molar-refractivity contribution < 1.29 is 9.13 Å². The minimum Gasteiger partial charge on any atom is -0.495 e. The van der Waals surface area contributed by atoms with Crippen LogP contribution < -0.4 is 4.74 Å². The summed E-state index contributed by atoms with van der Waals surface area (Å²) in [4.78, 5) is 0. The fourth-order valence-electron chi connectivity index (χ4n) is 1.87. The van der Waals surface area contributed by atoms with Crippen molar-refractivity contribution in [3.05, 3.63) is 64.4 Å². The van der Waals surface area contributed by atoms with Crippen LogP contribution >= 0.6 is 23.2 Å². The molecule has 2 rings (SSSR count). The normalized spacial score (nSPS) is 12.2. The summed E-state index contributed by atoms with van der Waals surface area (Å²) in [6.45, 7) is 0. The first-order valence-corrected chi connectivity index (χ1v) is 6.63. The molecule has 0 bridgehead atoms. The minimum atomic E-state index is -0.259. The molecular weight excluding hydrogens is 286 g/mol. The lowest BCUT2D eigenvalue weighted by atomic mass is 10.0. The van der Waals surface area contributed by atoms with Crippen molar-refractivity contribution in [3.63, 3.8) is 0 Å². The maximum Gasteiger partial charge on any atom is 0.137 e. The van der Waals surface area contributed by atoms with Gasteiger partial charge in [-0.15, -0.1) is 11.6 Å². The van der Waals surface area contributed by atoms with Crippen molar-refractivity contribution in [1.82, 2.24) is 0 Å². The van der Waals surface area contributed by atoms with Crippen LogP contribution in [-0.2, 0) is 6.42 Å². The Bertz CT molecular complexity index is 572. The fraction of sp³-hybridized carbons (Fsp3) is 0.200. The van der Waals surface area contributed by atoms with Crippen LogP contribution in [0.4, 0.5) is 4.39 Å². The number of ether oxygens (including phenoxy) is 1. The predicted octanol–water partition coefficient (Wildman–Crippen LogP) is 5.01. The van der Waals surface area contributed by atoms with E-state index in [9.17, 15) is 4.39 Å². The van der Waals surface area contributed by atoms with Gasteiger partial charge in [-0.3, -0.25) is 0 Å². The Labute approximate surface area is 121 Å². The Kier molecular flexibility index (Phi) is 4.67. The predicted molar refractivity (Wildman–Crippen MR) is 76.7 cm³/mol. The summed E-state index contributed by atoms with van der Waals surface area (Å²) in [6.07, 6.45) is 0.544. The Balaban J connectivity index is 2.15. The molecule has 0 heterocycles. The lowest BCUT2D eigenvalue weighted by Crippen LogP contribution is -1.97. The summed E-state index contributed by atoms with van der Waals surface area (Å²) >= 11 is 12.4. The summed E-state index contributed by atoms with van der Waals surface area (Å²) in [5.41, 5.74) is 1.74. The lowest BCUT2D eigenvalue weighted by Gasteiger charge is -2.12. The first-order valence-electron chi connectivity index (χ1n) is 5.82. The first kappa shape index (κ1) is 14.2. The molecule has 0 aliphatic heterocycles. The van der Waals surface area contributed by atoms with Crippen LogP contribution in [0.2, 0.25) is 5.02 Å². The molecule has 0 aliphatic carbocycles. The molecule has 0 spiro atoms. The Hall–Kier alpha value is -1.25. The van der Waals surface area contributed by atoms with Crippen molar-refractivity contribution >= 4 is 23.2 Å². The Morgan fingerprint density at radius 2 is 2.00 bits per heavy atom. The van der Waals surface area contributed by atoms with Crippen LogP contribution in [0.3, 0.4) is 0 Å². The maximum absolute atomic E-state index is 13.1. The third kappa shape index (κ3) is 3.62. The van der Waals surface area contributed by atoms with Gasteiger partial charge in [-0.2, -0.15) is 0 Å². The molecule has 2 aromatic carbocycles. The number of hydrogen-bond acceptors (Lipinski definition) is 1. The van der Waals surface area contributed by atoms with E-state index < -0.39 is 0 Å². The quantitative estimate of drug-likeness (QED) is 0.721. The third-order valence-electron chi connectivity index (χ3n) is 2.84. The van der Waals surface area contributed by atoms with Gasteiger partial charge in [-0.1, -0.05) is 29.8 Å². The van der Waals surface area contributed by atoms with E-state index >= 15 is 0 Å². The summed E-state index contributed by atoms with van der Waals surface area (Å²) in [5, 5.41) is 0.259. The van der Waals surface area contributed by atoms with Gasteiger partial charge in [0, 0.05) is 0 Å². The van der Waals surface area contributed by atoms with Crippen LogP contribution in [-0.4, -0.2) is 7.11 Å². The molecule has 2 aromatic rings. The summed E-state index contributed by atoms with van der Waals surface area (Å²) < 4.78 is 18.2. The van der Waals surface area contributed by atoms with Crippen molar-refractivity contribution in [2.45, 2.75) is 11.8 Å². The average molecular weight is 299 g/mol. The van der Waals surface area contributed by atoms with Gasteiger partial charge in [-0.25, -0.2) is 4.39 Å². The monoisotopic (exact) mass is 298 g/mol. The van der Waals surface area contributed by atoms with Crippen molar-refractivity contribution in [2.75, 3.05) is 7.11 Å². The van der Waals surface area contributed by atoms with E-state index in [0.29, 0.717) is 17.2 Å². The van der Waals surface area contributed by atoms with E-state index in [1.165, 1.54) is 12.1 Å². The van der Waals surface area contributed by atoms with Crippen molar-refractivity contribution in [1.29, 1.82) is 0 Å². The average Bonchev–Trinajstić information content (AvgIpc) is 2.38. The molecule has 1 unspecified atom stereocenters. The van der Waals surface area contributed by atoms with Gasteiger partial charge >= 0.3 is 0 Å². The number of benzene rings is 2. The van der Waals surface area contributed by atoms with E-state index in [1.807, 2.05) is 12.1 Å². The van der Waals surface area contributed by atoms with Gasteiger partial charge in [0.15, 0.2) is 0 Å². The highest BCUT2D eigenvalue weighted by Gasteiger charge is 2.11. The molecule has 0 saturated carbocycles. The van der Waals surface area contributed by atoms with E-state index in [-0.39, 0.29) is 11.2 Å². The molecular formula is C15H13Cl2FO. The highest BCUT2D eigenvalue weighted by atomic mass is 35.5. The zero-order valence-corrected chi connectivity index (χ0v) is 11.9. The van der Waals surface area contributed by atoms with E-state index in [0.717, 1.165) is 11.1 Å². The maximum atomic E-state index is 13.1. The van der Waals surface area contributed by atoms with Crippen LogP contribution in [0.15, 0.2) is 42.5 Å². The smallest absolute Gasteiger partial charge is 0.137 e. The van der Waals surface area contributed by atoms with Crippen LogP contribution in [0.5, 0.6) is 5.75 Å². The first-order chi connectivity index (χ1) is 9.10. The van der Waals surface area contributed by atoms with E-state index in [2.05, 4.69) is 0 Å². The molecule has 4 heteroatoms. The largest absolute Gasteiger partial charge is 0.495 e. The minimum absolute atomic E-state index is 0.255. The van der Waals surface area contributed by atoms with E-state index in [1.54, 1.807) is 25.3 Å². The molecule has 0 saturated heterocycles. The highest BCUT2D eigenvalue weighted by molar-refractivity contribution is 6.32. The van der Waals surface area contributed by atoms with Gasteiger partial charge in [0.1, 0.15) is 11.6 Å². The summed E-state index contributed by atoms with van der Waals surface area (Å²) in [6, 6.07) is 11.8. The highest BCUT2D eigenvalue weighted by Crippen LogP contribution is 2.31. The van der Waals surface area contributed by atoms with Crippen LogP contribution in [0.25, 0.3) is 0 Å². The second-order valence-corrected chi connectivity index (χ2v) is 5.13. The molecule has 0 aliphatic rings.